The van der Waals surface area contributed by atoms with Gasteiger partial charge in [0.25, 0.3) is 0 Å². The Labute approximate surface area is 93.1 Å². The molecule has 0 bridgehead atoms. The van der Waals surface area contributed by atoms with Crippen LogP contribution in [0.1, 0.15) is 24.2 Å². The van der Waals surface area contributed by atoms with Crippen molar-refractivity contribution >= 4 is 5.95 Å². The van der Waals surface area contributed by atoms with E-state index in [0.29, 0.717) is 0 Å². The summed E-state index contributed by atoms with van der Waals surface area (Å²) < 4.78 is 1.39. The Morgan fingerprint density at radius 2 is 1.81 bits per heavy atom. The number of anilines is 1. The van der Waals surface area contributed by atoms with Crippen LogP contribution >= 0.6 is 0 Å². The van der Waals surface area contributed by atoms with Crippen LogP contribution in [0.3, 0.4) is 0 Å². The van der Waals surface area contributed by atoms with Gasteiger partial charge >= 0.3 is 0 Å². The van der Waals surface area contributed by atoms with E-state index >= 15 is 0 Å². The van der Waals surface area contributed by atoms with Gasteiger partial charge in [-0.05, 0) is 18.4 Å². The number of nitrogen functional groups attached to an aromatic ring is 2. The summed E-state index contributed by atoms with van der Waals surface area (Å²) in [7, 11) is 0. The molecule has 0 aliphatic heterocycles. The standard InChI is InChI=1S/C11H13N5/c12-10-15-14-9(16(10)13)11(6-7-11)8-4-2-1-3-5-8/h1-5H,6-7,13H2,(H2,12,15). The number of benzene rings is 1. The maximum Gasteiger partial charge on any atom is 0.240 e. The smallest absolute Gasteiger partial charge is 0.240 e. The highest BCUT2D eigenvalue weighted by molar-refractivity contribution is 5.41. The molecule has 1 saturated carbocycles. The van der Waals surface area contributed by atoms with Gasteiger partial charge in [0.05, 0.1) is 5.41 Å². The summed E-state index contributed by atoms with van der Waals surface area (Å²) in [6.45, 7) is 0. The first-order valence-electron chi connectivity index (χ1n) is 5.26. The van der Waals surface area contributed by atoms with Gasteiger partial charge in [-0.15, -0.1) is 10.2 Å². The molecular formula is C11H13N5. The van der Waals surface area contributed by atoms with Gasteiger partial charge in [-0.2, -0.15) is 0 Å². The van der Waals surface area contributed by atoms with Crippen LogP contribution in [0.4, 0.5) is 5.95 Å². The summed E-state index contributed by atoms with van der Waals surface area (Å²) in [4.78, 5) is 0. The van der Waals surface area contributed by atoms with Crippen molar-refractivity contribution in [3.05, 3.63) is 41.7 Å². The van der Waals surface area contributed by atoms with Gasteiger partial charge in [0, 0.05) is 0 Å². The summed E-state index contributed by atoms with van der Waals surface area (Å²) in [5.74, 6) is 6.85. The Morgan fingerprint density at radius 1 is 1.12 bits per heavy atom. The summed E-state index contributed by atoms with van der Waals surface area (Å²) in [5, 5.41) is 7.90. The average molecular weight is 215 g/mol. The zero-order valence-electron chi connectivity index (χ0n) is 8.80. The molecule has 1 heterocycles. The topological polar surface area (TPSA) is 82.8 Å². The van der Waals surface area contributed by atoms with Crippen LogP contribution in [0, 0.1) is 0 Å². The molecular weight excluding hydrogens is 202 g/mol. The third kappa shape index (κ3) is 1.11. The molecule has 3 rings (SSSR count). The Hall–Kier alpha value is -2.04. The second-order valence-electron chi connectivity index (χ2n) is 4.20. The number of hydrogen-bond donors (Lipinski definition) is 2. The zero-order valence-corrected chi connectivity index (χ0v) is 8.80. The number of aromatic nitrogens is 3. The molecule has 5 heteroatoms. The minimum atomic E-state index is -0.0688. The number of nitrogens with two attached hydrogens (primary N) is 2. The summed E-state index contributed by atoms with van der Waals surface area (Å²) in [6.07, 6.45) is 2.10. The Bertz CT molecular complexity index is 512. The first-order valence-corrected chi connectivity index (χ1v) is 5.26. The summed E-state index contributed by atoms with van der Waals surface area (Å²) in [5.41, 5.74) is 6.77. The SMILES string of the molecule is Nc1nnc(C2(c3ccccc3)CC2)n1N. The van der Waals surface area contributed by atoms with E-state index < -0.39 is 0 Å². The fourth-order valence-corrected chi connectivity index (χ4v) is 2.15. The highest BCUT2D eigenvalue weighted by Crippen LogP contribution is 2.52. The molecule has 0 atom stereocenters. The molecule has 0 radical (unpaired) electrons. The van der Waals surface area contributed by atoms with Gasteiger partial charge in [-0.3, -0.25) is 0 Å². The van der Waals surface area contributed by atoms with E-state index in [1.165, 1.54) is 10.2 Å². The van der Waals surface area contributed by atoms with Crippen LogP contribution < -0.4 is 11.6 Å². The van der Waals surface area contributed by atoms with E-state index in [1.54, 1.807) is 0 Å². The lowest BCUT2D eigenvalue weighted by Crippen LogP contribution is -2.22. The van der Waals surface area contributed by atoms with Crippen molar-refractivity contribution < 1.29 is 0 Å². The molecule has 1 fully saturated rings. The van der Waals surface area contributed by atoms with Gasteiger partial charge in [-0.25, -0.2) is 4.68 Å². The van der Waals surface area contributed by atoms with Gasteiger partial charge in [-0.1, -0.05) is 30.3 Å². The van der Waals surface area contributed by atoms with Crippen molar-refractivity contribution in [1.82, 2.24) is 14.9 Å². The van der Waals surface area contributed by atoms with E-state index in [-0.39, 0.29) is 11.4 Å². The van der Waals surface area contributed by atoms with Gasteiger partial charge in [0.2, 0.25) is 5.95 Å². The Balaban J connectivity index is 2.10. The predicted molar refractivity (Wildman–Crippen MR) is 61.0 cm³/mol. The van der Waals surface area contributed by atoms with Gasteiger partial charge in [0.15, 0.2) is 5.82 Å². The fraction of sp³-hybridized carbons (Fsp3) is 0.273. The van der Waals surface area contributed by atoms with Gasteiger partial charge < -0.3 is 11.6 Å². The largest absolute Gasteiger partial charge is 0.366 e. The first-order chi connectivity index (χ1) is 7.74. The monoisotopic (exact) mass is 215 g/mol. The maximum atomic E-state index is 5.83. The first kappa shape index (κ1) is 9.21. The molecule has 0 spiro atoms. The second-order valence-corrected chi connectivity index (χ2v) is 4.20. The molecule has 1 aromatic carbocycles. The third-order valence-electron chi connectivity index (χ3n) is 3.23. The van der Waals surface area contributed by atoms with Crippen LogP contribution in [0.25, 0.3) is 0 Å². The Kier molecular flexibility index (Phi) is 1.71. The van der Waals surface area contributed by atoms with Crippen LogP contribution in [0.2, 0.25) is 0 Å². The molecule has 0 amide bonds. The number of nitrogens with zero attached hydrogens (tertiary/aromatic N) is 3. The molecule has 2 aromatic rings. The normalized spacial score (nSPS) is 17.2. The van der Waals surface area contributed by atoms with Crippen LogP contribution in [-0.4, -0.2) is 14.9 Å². The third-order valence-corrected chi connectivity index (χ3v) is 3.23. The van der Waals surface area contributed by atoms with E-state index in [9.17, 15) is 0 Å². The molecule has 1 aliphatic carbocycles. The molecule has 1 aromatic heterocycles. The van der Waals surface area contributed by atoms with Crippen LogP contribution in [0.5, 0.6) is 0 Å². The molecule has 4 N–H and O–H groups in total. The number of hydrogen-bond acceptors (Lipinski definition) is 4. The molecule has 16 heavy (non-hydrogen) atoms. The molecule has 5 nitrogen and oxygen atoms in total. The molecule has 0 saturated heterocycles. The van der Waals surface area contributed by atoms with Crippen LogP contribution in [-0.2, 0) is 5.41 Å². The Morgan fingerprint density at radius 3 is 2.31 bits per heavy atom. The highest BCUT2D eigenvalue weighted by Gasteiger charge is 2.50. The average Bonchev–Trinajstić information content (AvgIpc) is 3.05. The lowest BCUT2D eigenvalue weighted by molar-refractivity contribution is 0.715. The van der Waals surface area contributed by atoms with Crippen molar-refractivity contribution in [3.63, 3.8) is 0 Å². The zero-order chi connectivity index (χ0) is 11.2. The fourth-order valence-electron chi connectivity index (χ4n) is 2.15. The lowest BCUT2D eigenvalue weighted by atomic mass is 9.95. The molecule has 0 unspecified atom stereocenters. The lowest BCUT2D eigenvalue weighted by Gasteiger charge is -2.14. The predicted octanol–water partition coefficient (Wildman–Crippen LogP) is 0.654. The second kappa shape index (κ2) is 2.98. The minimum absolute atomic E-state index is 0.0688. The van der Waals surface area contributed by atoms with E-state index in [4.69, 9.17) is 11.6 Å². The summed E-state index contributed by atoms with van der Waals surface area (Å²) >= 11 is 0. The van der Waals surface area contributed by atoms with E-state index in [0.717, 1.165) is 18.7 Å². The van der Waals surface area contributed by atoms with Crippen molar-refractivity contribution in [1.29, 1.82) is 0 Å². The maximum absolute atomic E-state index is 5.83. The molecule has 1 aliphatic rings. The van der Waals surface area contributed by atoms with Crippen LogP contribution in [0.15, 0.2) is 30.3 Å². The summed E-state index contributed by atoms with van der Waals surface area (Å²) in [6, 6.07) is 10.2. The minimum Gasteiger partial charge on any atom is -0.366 e. The van der Waals surface area contributed by atoms with Crippen molar-refractivity contribution in [2.75, 3.05) is 11.6 Å². The quantitative estimate of drug-likeness (QED) is 0.721. The van der Waals surface area contributed by atoms with Crippen molar-refractivity contribution in [2.24, 2.45) is 0 Å². The van der Waals surface area contributed by atoms with E-state index in [1.807, 2.05) is 18.2 Å². The highest BCUT2D eigenvalue weighted by atomic mass is 15.5. The van der Waals surface area contributed by atoms with E-state index in [2.05, 4.69) is 22.3 Å². The molecule has 82 valence electrons. The van der Waals surface area contributed by atoms with Crippen molar-refractivity contribution in [2.45, 2.75) is 18.3 Å². The number of rotatable bonds is 2. The van der Waals surface area contributed by atoms with Crippen molar-refractivity contribution in [3.8, 4) is 0 Å². The van der Waals surface area contributed by atoms with Gasteiger partial charge in [0.1, 0.15) is 0 Å².